The Hall–Kier alpha value is -2.55. The number of aliphatic hydroxyl groups is 1. The van der Waals surface area contributed by atoms with Gasteiger partial charge in [0.15, 0.2) is 0 Å². The zero-order valence-corrected chi connectivity index (χ0v) is 16.0. The lowest BCUT2D eigenvalue weighted by Gasteiger charge is -2.49. The molecule has 1 amide bonds. The number of hydrogen-bond donors (Lipinski definition) is 1. The van der Waals surface area contributed by atoms with E-state index in [1.54, 1.807) is 4.90 Å². The van der Waals surface area contributed by atoms with Crippen LogP contribution >= 0.6 is 0 Å². The summed E-state index contributed by atoms with van der Waals surface area (Å²) in [5, 5.41) is 33.7. The Morgan fingerprint density at radius 3 is 2.38 bits per heavy atom. The van der Waals surface area contributed by atoms with Crippen molar-refractivity contribution in [2.45, 2.75) is 56.6 Å². The highest BCUT2D eigenvalue weighted by molar-refractivity contribution is 5.96. The number of nitro benzene ring substituents is 2. The molecule has 1 N–H and O–H groups in total. The van der Waals surface area contributed by atoms with E-state index in [0.717, 1.165) is 56.7 Å². The largest absolute Gasteiger partial charge is 0.389 e. The lowest BCUT2D eigenvalue weighted by atomic mass is 9.61. The number of carbonyl (C=O) groups is 1. The van der Waals surface area contributed by atoms with Crippen LogP contribution in [0.5, 0.6) is 0 Å². The summed E-state index contributed by atoms with van der Waals surface area (Å²) in [6.45, 7) is 0.472. The van der Waals surface area contributed by atoms with Crippen LogP contribution in [0.1, 0.15) is 55.3 Å². The van der Waals surface area contributed by atoms with Gasteiger partial charge < -0.3 is 10.0 Å². The minimum Gasteiger partial charge on any atom is -0.389 e. The fourth-order valence-electron chi connectivity index (χ4n) is 7.03. The van der Waals surface area contributed by atoms with Crippen LogP contribution in [0.15, 0.2) is 18.2 Å². The number of carbonyl (C=O) groups excluding carboxylic acids is 1. The maximum Gasteiger partial charge on any atom is 0.277 e. The minimum atomic E-state index is -0.741. The van der Waals surface area contributed by atoms with Crippen molar-refractivity contribution in [3.8, 4) is 0 Å². The van der Waals surface area contributed by atoms with Crippen LogP contribution in [-0.2, 0) is 0 Å². The van der Waals surface area contributed by atoms with Crippen molar-refractivity contribution in [1.29, 1.82) is 0 Å². The molecule has 154 valence electrons. The number of rotatable bonds is 3. The summed E-state index contributed by atoms with van der Waals surface area (Å²) >= 11 is 0. The maximum absolute atomic E-state index is 13.4. The molecule has 1 aliphatic heterocycles. The third kappa shape index (κ3) is 2.52. The first-order valence-corrected chi connectivity index (χ1v) is 10.2. The van der Waals surface area contributed by atoms with Crippen LogP contribution in [0.3, 0.4) is 0 Å². The number of non-ortho nitro benzene ring substituents is 2. The van der Waals surface area contributed by atoms with Gasteiger partial charge in [0.25, 0.3) is 17.3 Å². The van der Waals surface area contributed by atoms with Gasteiger partial charge in [0.2, 0.25) is 0 Å². The summed E-state index contributed by atoms with van der Waals surface area (Å²) in [6.07, 6.45) is 6.48. The highest BCUT2D eigenvalue weighted by atomic mass is 16.6. The fourth-order valence-corrected chi connectivity index (χ4v) is 7.03. The van der Waals surface area contributed by atoms with E-state index in [-0.39, 0.29) is 22.9 Å². The molecule has 29 heavy (non-hydrogen) atoms. The van der Waals surface area contributed by atoms with Crippen molar-refractivity contribution in [3.63, 3.8) is 0 Å². The van der Waals surface area contributed by atoms with E-state index < -0.39 is 32.7 Å². The first-order valence-electron chi connectivity index (χ1n) is 10.2. The van der Waals surface area contributed by atoms with E-state index in [2.05, 4.69) is 0 Å². The molecule has 0 unspecified atom stereocenters. The maximum atomic E-state index is 13.4. The van der Waals surface area contributed by atoms with Crippen LogP contribution in [0, 0.1) is 37.5 Å². The Kier molecular flexibility index (Phi) is 3.81. The first-order chi connectivity index (χ1) is 13.7. The molecule has 1 saturated heterocycles. The molecule has 1 aromatic carbocycles. The highest BCUT2D eigenvalue weighted by Gasteiger charge is 2.67. The second-order valence-corrected chi connectivity index (χ2v) is 9.28. The van der Waals surface area contributed by atoms with Crippen molar-refractivity contribution in [3.05, 3.63) is 44.0 Å². The van der Waals surface area contributed by atoms with Gasteiger partial charge in [-0.05, 0) is 49.9 Å². The van der Waals surface area contributed by atoms with Gasteiger partial charge in [-0.1, -0.05) is 6.42 Å². The molecule has 0 radical (unpaired) electrons. The summed E-state index contributed by atoms with van der Waals surface area (Å²) in [7, 11) is 0. The number of amides is 1. The zero-order chi connectivity index (χ0) is 20.6. The van der Waals surface area contributed by atoms with Gasteiger partial charge >= 0.3 is 0 Å². The molecular formula is C20H23N3O6. The number of fused-ring (bicyclic) bond motifs is 4. The average molecular weight is 401 g/mol. The normalized spacial score (nSPS) is 37.3. The van der Waals surface area contributed by atoms with E-state index in [4.69, 9.17) is 0 Å². The molecule has 5 rings (SSSR count). The van der Waals surface area contributed by atoms with E-state index in [1.165, 1.54) is 0 Å². The van der Waals surface area contributed by atoms with Crippen molar-refractivity contribution in [2.75, 3.05) is 6.54 Å². The summed E-state index contributed by atoms with van der Waals surface area (Å²) in [6, 6.07) is 3.03. The predicted molar refractivity (Wildman–Crippen MR) is 101 cm³/mol. The Labute approximate surface area is 167 Å². The molecular weight excluding hydrogens is 378 g/mol. The number of benzene rings is 1. The van der Waals surface area contributed by atoms with Gasteiger partial charge in [-0.2, -0.15) is 0 Å². The van der Waals surface area contributed by atoms with Crippen LogP contribution in [0.2, 0.25) is 0 Å². The van der Waals surface area contributed by atoms with Gasteiger partial charge in [0.1, 0.15) is 0 Å². The lowest BCUT2D eigenvalue weighted by Crippen LogP contribution is -2.55. The molecule has 9 heteroatoms. The Bertz CT molecular complexity index is 903. The van der Waals surface area contributed by atoms with E-state index in [1.807, 2.05) is 0 Å². The second-order valence-electron chi connectivity index (χ2n) is 9.28. The molecule has 2 bridgehead atoms. The van der Waals surface area contributed by atoms with Crippen LogP contribution in [0.4, 0.5) is 11.4 Å². The van der Waals surface area contributed by atoms with Crippen molar-refractivity contribution >= 4 is 17.3 Å². The third-order valence-electron chi connectivity index (χ3n) is 8.08. The van der Waals surface area contributed by atoms with E-state index >= 15 is 0 Å². The molecule has 3 aliphatic carbocycles. The van der Waals surface area contributed by atoms with Crippen molar-refractivity contribution in [1.82, 2.24) is 4.90 Å². The van der Waals surface area contributed by atoms with Crippen molar-refractivity contribution in [2.24, 2.45) is 17.3 Å². The van der Waals surface area contributed by atoms with Gasteiger partial charge in [-0.3, -0.25) is 25.0 Å². The molecule has 9 nitrogen and oxygen atoms in total. The SMILES string of the molecule is O=C(c1cc([N+](=O)[O-])cc([N+](=O)[O-])c1)N1CC[C@H]2[C@@H]1[C@@H]1CCC[C@@]13CC[C@]2(O)C3. The minimum absolute atomic E-state index is 0.0128. The Morgan fingerprint density at radius 2 is 1.72 bits per heavy atom. The molecule has 3 saturated carbocycles. The number of nitro groups is 2. The summed E-state index contributed by atoms with van der Waals surface area (Å²) in [4.78, 5) is 36.1. The third-order valence-corrected chi connectivity index (χ3v) is 8.08. The monoisotopic (exact) mass is 401 g/mol. The van der Waals surface area contributed by atoms with Crippen LogP contribution < -0.4 is 0 Å². The number of hydrogen-bond acceptors (Lipinski definition) is 6. The smallest absolute Gasteiger partial charge is 0.277 e. The molecule has 0 aromatic heterocycles. The summed E-state index contributed by atoms with van der Waals surface area (Å²) in [5.74, 6) is -0.0643. The molecule has 1 heterocycles. The molecule has 5 atom stereocenters. The second kappa shape index (κ2) is 5.98. The quantitative estimate of drug-likeness (QED) is 0.613. The molecule has 1 spiro atoms. The zero-order valence-electron chi connectivity index (χ0n) is 16.0. The number of nitrogens with zero attached hydrogens (tertiary/aromatic N) is 3. The number of likely N-dealkylation sites (tertiary alicyclic amines) is 1. The highest BCUT2D eigenvalue weighted by Crippen LogP contribution is 2.67. The van der Waals surface area contributed by atoms with Gasteiger partial charge in [-0.15, -0.1) is 0 Å². The van der Waals surface area contributed by atoms with E-state index in [9.17, 15) is 30.1 Å². The molecule has 1 aromatic rings. The van der Waals surface area contributed by atoms with Gasteiger partial charge in [-0.25, -0.2) is 0 Å². The lowest BCUT2D eigenvalue weighted by molar-refractivity contribution is -0.394. The standard InChI is InChI=1S/C20H23N3O6/c24-18(12-8-13(22(26)27)10-14(9-12)23(28)29)21-7-3-16-17(21)15-2-1-4-19(15)5-6-20(16,25)11-19/h8-10,15-17,25H,1-7,11H2/t15-,16-,17-,19-,20-/m0/s1. The Morgan fingerprint density at radius 1 is 1.03 bits per heavy atom. The van der Waals surface area contributed by atoms with Gasteiger partial charge in [0, 0.05) is 30.6 Å². The van der Waals surface area contributed by atoms with Crippen LogP contribution in [0.25, 0.3) is 0 Å². The predicted octanol–water partition coefficient (Wildman–Crippen LogP) is 3.05. The topological polar surface area (TPSA) is 127 Å². The van der Waals surface area contributed by atoms with E-state index in [0.29, 0.717) is 18.9 Å². The molecule has 4 aliphatic rings. The Balaban J connectivity index is 1.53. The van der Waals surface area contributed by atoms with Crippen molar-refractivity contribution < 1.29 is 19.7 Å². The van der Waals surface area contributed by atoms with Crippen LogP contribution in [-0.4, -0.2) is 43.9 Å². The summed E-state index contributed by atoms with van der Waals surface area (Å²) in [5.41, 5.74) is -1.60. The fraction of sp³-hybridized carbons (Fsp3) is 0.650. The molecule has 4 fully saturated rings. The average Bonchev–Trinajstić information content (AvgIpc) is 3.37. The summed E-state index contributed by atoms with van der Waals surface area (Å²) < 4.78 is 0. The first kappa shape index (κ1) is 18.5. The van der Waals surface area contributed by atoms with Gasteiger partial charge in [0.05, 0.1) is 27.1 Å².